The normalized spacial score (nSPS) is 15.4. The van der Waals surface area contributed by atoms with Crippen molar-refractivity contribution in [3.63, 3.8) is 0 Å². The first kappa shape index (κ1) is 13.7. The van der Waals surface area contributed by atoms with Gasteiger partial charge in [0.05, 0.1) is 0 Å². The van der Waals surface area contributed by atoms with Crippen LogP contribution in [0, 0.1) is 0 Å². The van der Waals surface area contributed by atoms with Gasteiger partial charge in [0, 0.05) is 29.6 Å². The maximum absolute atomic E-state index is 10.5. The monoisotopic (exact) mass is 287 g/mol. The Morgan fingerprint density at radius 1 is 1.39 bits per heavy atom. The average molecular weight is 288 g/mol. The van der Waals surface area contributed by atoms with Crippen molar-refractivity contribution in [3.8, 4) is 0 Å². The summed E-state index contributed by atoms with van der Waals surface area (Å²) in [7, 11) is 0. The first-order valence-electron chi connectivity index (χ1n) is 5.97. The summed E-state index contributed by atoms with van der Waals surface area (Å²) in [5.41, 5.74) is 2.34. The van der Waals surface area contributed by atoms with Gasteiger partial charge in [-0.2, -0.15) is 0 Å². The Morgan fingerprint density at radius 2 is 2.17 bits per heavy atom. The Morgan fingerprint density at radius 3 is 2.89 bits per heavy atom. The van der Waals surface area contributed by atoms with Crippen molar-refractivity contribution in [1.82, 2.24) is 4.90 Å². The predicted octanol–water partition coefficient (Wildman–Crippen LogP) is 3.22. The lowest BCUT2D eigenvalue weighted by molar-refractivity contribution is -0.137. The van der Waals surface area contributed by atoms with E-state index in [1.54, 1.807) is 6.07 Å². The molecule has 0 aliphatic carbocycles. The summed E-state index contributed by atoms with van der Waals surface area (Å²) in [6.45, 7) is 2.53. The first-order valence-corrected chi connectivity index (χ1v) is 6.73. The molecular formula is C13H15Cl2NO2. The third-order valence-electron chi connectivity index (χ3n) is 3.19. The highest BCUT2D eigenvalue weighted by molar-refractivity contribution is 6.35. The summed E-state index contributed by atoms with van der Waals surface area (Å²) in [6, 6.07) is 3.73. The number of hydrogen-bond donors (Lipinski definition) is 1. The second kappa shape index (κ2) is 5.91. The van der Waals surface area contributed by atoms with Gasteiger partial charge in [0.1, 0.15) is 0 Å². The van der Waals surface area contributed by atoms with Gasteiger partial charge in [0.2, 0.25) is 0 Å². The van der Waals surface area contributed by atoms with Crippen LogP contribution in [0.1, 0.15) is 24.0 Å². The molecule has 3 nitrogen and oxygen atoms in total. The van der Waals surface area contributed by atoms with Crippen molar-refractivity contribution in [2.75, 3.05) is 13.1 Å². The van der Waals surface area contributed by atoms with Crippen molar-refractivity contribution in [1.29, 1.82) is 0 Å². The predicted molar refractivity (Wildman–Crippen MR) is 72.3 cm³/mol. The topological polar surface area (TPSA) is 40.5 Å². The van der Waals surface area contributed by atoms with Gasteiger partial charge < -0.3 is 5.11 Å². The molecule has 0 aromatic heterocycles. The Labute approximate surface area is 116 Å². The molecule has 1 aliphatic heterocycles. The van der Waals surface area contributed by atoms with E-state index in [1.165, 1.54) is 5.56 Å². The van der Waals surface area contributed by atoms with Crippen LogP contribution in [0.3, 0.4) is 0 Å². The Balaban J connectivity index is 1.99. The van der Waals surface area contributed by atoms with E-state index in [9.17, 15) is 4.79 Å². The minimum absolute atomic E-state index is 0.222. The largest absolute Gasteiger partial charge is 0.481 e. The van der Waals surface area contributed by atoms with E-state index in [4.69, 9.17) is 28.3 Å². The Bertz CT molecular complexity index is 463. The van der Waals surface area contributed by atoms with Gasteiger partial charge in [0.25, 0.3) is 0 Å². The van der Waals surface area contributed by atoms with Crippen molar-refractivity contribution >= 4 is 29.2 Å². The van der Waals surface area contributed by atoms with Crippen LogP contribution in [-0.4, -0.2) is 29.1 Å². The first-order chi connectivity index (χ1) is 8.56. The van der Waals surface area contributed by atoms with Crippen LogP contribution in [0.2, 0.25) is 10.0 Å². The standard InChI is InChI=1S/C13H15Cl2NO2/c14-10-6-9-8-16(4-1-2-13(17)18)5-3-11(9)12(15)7-10/h6-7H,1-5,8H2,(H,17,18). The zero-order valence-electron chi connectivity index (χ0n) is 9.96. The van der Waals surface area contributed by atoms with Gasteiger partial charge in [-0.25, -0.2) is 0 Å². The molecule has 0 spiro atoms. The molecule has 2 rings (SSSR count). The molecule has 0 bridgehead atoms. The number of halogens is 2. The highest BCUT2D eigenvalue weighted by Gasteiger charge is 2.18. The number of nitrogens with zero attached hydrogens (tertiary/aromatic N) is 1. The lowest BCUT2D eigenvalue weighted by atomic mass is 9.99. The summed E-state index contributed by atoms with van der Waals surface area (Å²) in [6.07, 6.45) is 1.80. The SMILES string of the molecule is O=C(O)CCCN1CCc2c(Cl)cc(Cl)cc2C1. The van der Waals surface area contributed by atoms with Crippen LogP contribution < -0.4 is 0 Å². The van der Waals surface area contributed by atoms with Gasteiger partial charge in [-0.1, -0.05) is 23.2 Å². The number of fused-ring (bicyclic) bond motifs is 1. The molecule has 0 atom stereocenters. The van der Waals surface area contributed by atoms with E-state index >= 15 is 0 Å². The van der Waals surface area contributed by atoms with Crippen molar-refractivity contribution in [3.05, 3.63) is 33.3 Å². The molecule has 0 saturated heterocycles. The molecule has 1 aliphatic rings. The minimum atomic E-state index is -0.738. The van der Waals surface area contributed by atoms with Crippen LogP contribution in [-0.2, 0) is 17.8 Å². The minimum Gasteiger partial charge on any atom is -0.481 e. The number of carbonyl (C=O) groups is 1. The van der Waals surface area contributed by atoms with Gasteiger partial charge in [-0.3, -0.25) is 9.69 Å². The van der Waals surface area contributed by atoms with Gasteiger partial charge in [0.15, 0.2) is 0 Å². The summed E-state index contributed by atoms with van der Waals surface area (Å²) < 4.78 is 0. The number of carboxylic acid groups (broad SMARTS) is 1. The second-order valence-electron chi connectivity index (χ2n) is 4.55. The molecule has 98 valence electrons. The van der Waals surface area contributed by atoms with E-state index in [2.05, 4.69) is 4.90 Å². The third-order valence-corrected chi connectivity index (χ3v) is 3.75. The molecule has 1 aromatic carbocycles. The molecule has 1 aromatic rings. The molecule has 0 saturated carbocycles. The van der Waals surface area contributed by atoms with Crippen LogP contribution >= 0.6 is 23.2 Å². The number of hydrogen-bond acceptors (Lipinski definition) is 2. The fraction of sp³-hybridized carbons (Fsp3) is 0.462. The molecule has 0 fully saturated rings. The number of rotatable bonds is 4. The molecule has 0 radical (unpaired) electrons. The number of benzene rings is 1. The van der Waals surface area contributed by atoms with Gasteiger partial charge in [-0.05, 0) is 42.6 Å². The summed E-state index contributed by atoms with van der Waals surface area (Å²) >= 11 is 12.2. The number of aliphatic carboxylic acids is 1. The van der Waals surface area contributed by atoms with Crippen LogP contribution in [0.5, 0.6) is 0 Å². The van der Waals surface area contributed by atoms with Crippen LogP contribution in [0.4, 0.5) is 0 Å². The average Bonchev–Trinajstić information content (AvgIpc) is 2.27. The Hall–Kier alpha value is -0.770. The fourth-order valence-electron chi connectivity index (χ4n) is 2.31. The summed E-state index contributed by atoms with van der Waals surface area (Å²) in [4.78, 5) is 12.7. The van der Waals surface area contributed by atoms with Crippen LogP contribution in [0.15, 0.2) is 12.1 Å². The maximum Gasteiger partial charge on any atom is 0.303 e. The van der Waals surface area contributed by atoms with E-state index in [0.717, 1.165) is 36.6 Å². The second-order valence-corrected chi connectivity index (χ2v) is 5.39. The molecule has 0 amide bonds. The highest BCUT2D eigenvalue weighted by atomic mass is 35.5. The zero-order valence-corrected chi connectivity index (χ0v) is 11.5. The molecule has 0 unspecified atom stereocenters. The van der Waals surface area contributed by atoms with E-state index in [0.29, 0.717) is 11.4 Å². The smallest absolute Gasteiger partial charge is 0.303 e. The van der Waals surface area contributed by atoms with Crippen molar-refractivity contribution in [2.45, 2.75) is 25.8 Å². The van der Waals surface area contributed by atoms with Crippen molar-refractivity contribution in [2.24, 2.45) is 0 Å². The maximum atomic E-state index is 10.5. The number of carboxylic acids is 1. The molecule has 1 heterocycles. The van der Waals surface area contributed by atoms with E-state index in [1.807, 2.05) is 6.07 Å². The molecule has 1 N–H and O–H groups in total. The van der Waals surface area contributed by atoms with Gasteiger partial charge in [-0.15, -0.1) is 0 Å². The van der Waals surface area contributed by atoms with Gasteiger partial charge >= 0.3 is 5.97 Å². The van der Waals surface area contributed by atoms with Crippen molar-refractivity contribution < 1.29 is 9.90 Å². The summed E-state index contributed by atoms with van der Waals surface area (Å²) in [5, 5.41) is 10.0. The van der Waals surface area contributed by atoms with E-state index < -0.39 is 5.97 Å². The Kier molecular flexibility index (Phi) is 4.49. The molecular weight excluding hydrogens is 273 g/mol. The highest BCUT2D eigenvalue weighted by Crippen LogP contribution is 2.29. The van der Waals surface area contributed by atoms with Crippen LogP contribution in [0.25, 0.3) is 0 Å². The lowest BCUT2D eigenvalue weighted by Crippen LogP contribution is -2.31. The zero-order chi connectivity index (χ0) is 13.1. The molecule has 18 heavy (non-hydrogen) atoms. The fourth-order valence-corrected chi connectivity index (χ4v) is 2.94. The molecule has 5 heteroatoms. The summed E-state index contributed by atoms with van der Waals surface area (Å²) in [5.74, 6) is -0.738. The third kappa shape index (κ3) is 3.37. The van der Waals surface area contributed by atoms with E-state index in [-0.39, 0.29) is 6.42 Å². The quantitative estimate of drug-likeness (QED) is 0.924. The lowest BCUT2D eigenvalue weighted by Gasteiger charge is -2.29.